The molecule has 2 heterocycles. The maximum absolute atomic E-state index is 13.0. The monoisotopic (exact) mass is 583 g/mol. The number of carbonyl (C=O) groups excluding carboxylic acids is 1. The van der Waals surface area contributed by atoms with Crippen LogP contribution in [0.4, 0.5) is 0 Å². The predicted octanol–water partition coefficient (Wildman–Crippen LogP) is 2.99. The third kappa shape index (κ3) is 6.14. The number of nitrogens with one attached hydrogen (secondary N) is 1. The molecule has 4 rings (SSSR count). The standard InChI is InChI=1S/C24H30BrN3O5S2/c25-21-7-11-23(12-8-21)35(32,33)28-17-3-4-20(18-28)24(29)26-14-13-19-5-9-22(10-6-19)34(30,31)27-15-1-2-16-27/h5-12,20H,1-4,13-18H2,(H,26,29). The maximum atomic E-state index is 13.0. The van der Waals surface area contributed by atoms with E-state index in [1.165, 1.54) is 8.61 Å². The Kier molecular flexibility index (Phi) is 8.32. The van der Waals surface area contributed by atoms with Gasteiger partial charge in [-0.15, -0.1) is 0 Å². The Morgan fingerprint density at radius 1 is 0.829 bits per heavy atom. The summed E-state index contributed by atoms with van der Waals surface area (Å²) in [6, 6.07) is 13.3. The highest BCUT2D eigenvalue weighted by Crippen LogP contribution is 2.25. The summed E-state index contributed by atoms with van der Waals surface area (Å²) in [5.41, 5.74) is 0.925. The third-order valence-corrected chi connectivity index (χ3v) is 10.9. The molecular weight excluding hydrogens is 554 g/mol. The lowest BCUT2D eigenvalue weighted by molar-refractivity contribution is -0.126. The minimum atomic E-state index is -3.65. The smallest absolute Gasteiger partial charge is 0.243 e. The molecule has 35 heavy (non-hydrogen) atoms. The maximum Gasteiger partial charge on any atom is 0.243 e. The molecule has 1 amide bonds. The number of piperidine rings is 1. The molecule has 0 radical (unpaired) electrons. The van der Waals surface area contributed by atoms with Crippen LogP contribution in [0.25, 0.3) is 0 Å². The topological polar surface area (TPSA) is 104 Å². The summed E-state index contributed by atoms with van der Waals surface area (Å²) in [5.74, 6) is -0.559. The minimum Gasteiger partial charge on any atom is -0.355 e. The molecule has 8 nitrogen and oxygen atoms in total. The fraction of sp³-hybridized carbons (Fsp3) is 0.458. The van der Waals surface area contributed by atoms with Crippen molar-refractivity contribution in [1.29, 1.82) is 0 Å². The van der Waals surface area contributed by atoms with E-state index >= 15 is 0 Å². The van der Waals surface area contributed by atoms with E-state index in [0.717, 1.165) is 22.9 Å². The van der Waals surface area contributed by atoms with Crippen molar-refractivity contribution in [1.82, 2.24) is 13.9 Å². The first-order valence-corrected chi connectivity index (χ1v) is 15.5. The predicted molar refractivity (Wildman–Crippen MR) is 137 cm³/mol. The minimum absolute atomic E-state index is 0.158. The Labute approximate surface area is 215 Å². The zero-order valence-electron chi connectivity index (χ0n) is 19.4. The number of sulfonamides is 2. The van der Waals surface area contributed by atoms with Gasteiger partial charge in [-0.05, 0) is 74.1 Å². The highest BCUT2D eigenvalue weighted by atomic mass is 79.9. The fourth-order valence-corrected chi connectivity index (χ4v) is 7.82. The molecule has 2 aromatic rings. The number of hydrogen-bond acceptors (Lipinski definition) is 5. The van der Waals surface area contributed by atoms with Gasteiger partial charge in [0.25, 0.3) is 0 Å². The summed E-state index contributed by atoms with van der Waals surface area (Å²) in [4.78, 5) is 13.3. The zero-order valence-corrected chi connectivity index (χ0v) is 22.6. The van der Waals surface area contributed by atoms with Crippen LogP contribution in [-0.2, 0) is 31.3 Å². The van der Waals surface area contributed by atoms with Crippen molar-refractivity contribution < 1.29 is 21.6 Å². The Morgan fingerprint density at radius 3 is 2.00 bits per heavy atom. The summed E-state index contributed by atoms with van der Waals surface area (Å²) in [7, 11) is -7.09. The average Bonchev–Trinajstić information content (AvgIpc) is 3.41. The molecule has 0 bridgehead atoms. The molecule has 2 aromatic carbocycles. The highest BCUT2D eigenvalue weighted by molar-refractivity contribution is 9.10. The number of benzene rings is 2. The second-order valence-electron chi connectivity index (χ2n) is 8.95. The number of hydrogen-bond donors (Lipinski definition) is 1. The van der Waals surface area contributed by atoms with Gasteiger partial charge in [-0.2, -0.15) is 8.61 Å². The van der Waals surface area contributed by atoms with Crippen LogP contribution >= 0.6 is 15.9 Å². The Hall–Kier alpha value is -1.79. The number of halogens is 1. The van der Waals surface area contributed by atoms with Crippen LogP contribution < -0.4 is 5.32 Å². The molecule has 0 aromatic heterocycles. The molecule has 2 aliphatic rings. The van der Waals surface area contributed by atoms with Gasteiger partial charge in [0.2, 0.25) is 26.0 Å². The molecule has 190 valence electrons. The van der Waals surface area contributed by atoms with Crippen molar-refractivity contribution in [3.8, 4) is 0 Å². The van der Waals surface area contributed by atoms with Crippen LogP contribution in [0.3, 0.4) is 0 Å². The second-order valence-corrected chi connectivity index (χ2v) is 13.7. The van der Waals surface area contributed by atoms with E-state index in [1.54, 1.807) is 48.5 Å². The van der Waals surface area contributed by atoms with Gasteiger partial charge in [-0.1, -0.05) is 28.1 Å². The molecule has 0 spiro atoms. The van der Waals surface area contributed by atoms with Crippen molar-refractivity contribution in [2.24, 2.45) is 5.92 Å². The number of nitrogens with zero attached hydrogens (tertiary/aromatic N) is 2. The van der Waals surface area contributed by atoms with Gasteiger partial charge in [0, 0.05) is 37.2 Å². The van der Waals surface area contributed by atoms with E-state index in [0.29, 0.717) is 50.3 Å². The van der Waals surface area contributed by atoms with E-state index < -0.39 is 26.0 Å². The number of amides is 1. The van der Waals surface area contributed by atoms with Crippen LogP contribution in [0.5, 0.6) is 0 Å². The first kappa shape index (κ1) is 26.3. The highest BCUT2D eigenvalue weighted by Gasteiger charge is 2.33. The van der Waals surface area contributed by atoms with Gasteiger partial charge >= 0.3 is 0 Å². The molecule has 2 aliphatic heterocycles. The summed E-state index contributed by atoms with van der Waals surface area (Å²) >= 11 is 3.31. The molecular formula is C24H30BrN3O5S2. The summed E-state index contributed by atoms with van der Waals surface area (Å²) in [6.45, 7) is 2.09. The fourth-order valence-electron chi connectivity index (χ4n) is 4.51. The summed E-state index contributed by atoms with van der Waals surface area (Å²) < 4.78 is 55.0. The Morgan fingerprint density at radius 2 is 1.37 bits per heavy atom. The van der Waals surface area contributed by atoms with E-state index in [9.17, 15) is 21.6 Å². The third-order valence-electron chi connectivity index (χ3n) is 6.55. The molecule has 2 saturated heterocycles. The van der Waals surface area contributed by atoms with E-state index in [2.05, 4.69) is 21.2 Å². The normalized spacial score (nSPS) is 20.1. The van der Waals surface area contributed by atoms with Gasteiger partial charge in [0.15, 0.2) is 0 Å². The first-order valence-electron chi connectivity index (χ1n) is 11.8. The van der Waals surface area contributed by atoms with E-state index in [-0.39, 0.29) is 17.3 Å². The lowest BCUT2D eigenvalue weighted by Gasteiger charge is -2.31. The van der Waals surface area contributed by atoms with Crippen LogP contribution in [0, 0.1) is 5.92 Å². The summed E-state index contributed by atoms with van der Waals surface area (Å²) in [6.07, 6.45) is 3.61. The quantitative estimate of drug-likeness (QED) is 0.514. The van der Waals surface area contributed by atoms with Crippen LogP contribution in [0.2, 0.25) is 0 Å². The summed E-state index contributed by atoms with van der Waals surface area (Å²) in [5, 5.41) is 2.92. The van der Waals surface area contributed by atoms with Crippen molar-refractivity contribution in [3.63, 3.8) is 0 Å². The zero-order chi connectivity index (χ0) is 25.1. The van der Waals surface area contributed by atoms with Crippen molar-refractivity contribution >= 4 is 41.9 Å². The Balaban J connectivity index is 1.29. The lowest BCUT2D eigenvalue weighted by atomic mass is 9.99. The number of rotatable bonds is 8. The molecule has 2 fully saturated rings. The SMILES string of the molecule is O=C(NCCc1ccc(S(=O)(=O)N2CCCC2)cc1)C1CCCN(S(=O)(=O)c2ccc(Br)cc2)C1. The lowest BCUT2D eigenvalue weighted by Crippen LogP contribution is -2.45. The van der Waals surface area contributed by atoms with Gasteiger partial charge in [0.1, 0.15) is 0 Å². The first-order chi connectivity index (χ1) is 16.7. The Bertz CT molecular complexity index is 1240. The molecule has 0 saturated carbocycles. The van der Waals surface area contributed by atoms with Gasteiger partial charge in [-0.3, -0.25) is 4.79 Å². The van der Waals surface area contributed by atoms with Crippen LogP contribution in [0.1, 0.15) is 31.2 Å². The molecule has 0 aliphatic carbocycles. The second kappa shape index (κ2) is 11.1. The molecule has 11 heteroatoms. The average molecular weight is 585 g/mol. The van der Waals surface area contributed by atoms with E-state index in [4.69, 9.17) is 0 Å². The van der Waals surface area contributed by atoms with Gasteiger partial charge in [0.05, 0.1) is 15.7 Å². The number of carbonyl (C=O) groups is 1. The van der Waals surface area contributed by atoms with Gasteiger partial charge < -0.3 is 5.32 Å². The van der Waals surface area contributed by atoms with Crippen molar-refractivity contribution in [3.05, 3.63) is 58.6 Å². The molecule has 1 unspecified atom stereocenters. The molecule has 1 N–H and O–H groups in total. The van der Waals surface area contributed by atoms with Crippen LogP contribution in [0.15, 0.2) is 62.8 Å². The van der Waals surface area contributed by atoms with Crippen molar-refractivity contribution in [2.45, 2.75) is 41.9 Å². The van der Waals surface area contributed by atoms with Gasteiger partial charge in [-0.25, -0.2) is 16.8 Å². The largest absolute Gasteiger partial charge is 0.355 e. The van der Waals surface area contributed by atoms with Crippen molar-refractivity contribution in [2.75, 3.05) is 32.7 Å². The van der Waals surface area contributed by atoms with E-state index in [1.807, 2.05) is 0 Å². The van der Waals surface area contributed by atoms with Crippen LogP contribution in [-0.4, -0.2) is 64.1 Å². The molecule has 1 atom stereocenters.